The molecule has 0 spiro atoms. The third-order valence-corrected chi connectivity index (χ3v) is 7.07. The van der Waals surface area contributed by atoms with Gasteiger partial charge in [-0.3, -0.25) is 0 Å². The van der Waals surface area contributed by atoms with Gasteiger partial charge in [0.25, 0.3) is 0 Å². The van der Waals surface area contributed by atoms with Gasteiger partial charge in [0.15, 0.2) is 11.5 Å². The van der Waals surface area contributed by atoms with Gasteiger partial charge < -0.3 is 30.0 Å². The third-order valence-electron chi connectivity index (χ3n) is 4.86. The first-order valence-electron chi connectivity index (χ1n) is 10.9. The number of anilines is 4. The molecule has 0 aliphatic heterocycles. The maximum absolute atomic E-state index is 12.2. The lowest BCUT2D eigenvalue weighted by Gasteiger charge is -2.15. The highest BCUT2D eigenvalue weighted by Crippen LogP contribution is 2.40. The SMILES string of the molecule is CNS(=O)(=O)c1ccc(SC)c(Nc2cc(Nc3cc(OC)c(OC)c(OC)c3)ncn2)c1.O=C(O)C(F)(F)F. The summed E-state index contributed by atoms with van der Waals surface area (Å²) >= 11 is 1.48. The number of ether oxygens (including phenoxy) is 3. The Hall–Kier alpha value is -3.96. The molecule has 0 aliphatic rings. The van der Waals surface area contributed by atoms with Crippen molar-refractivity contribution in [1.82, 2.24) is 14.7 Å². The topological polar surface area (TPSA) is 161 Å². The summed E-state index contributed by atoms with van der Waals surface area (Å²) in [4.78, 5) is 18.4. The summed E-state index contributed by atoms with van der Waals surface area (Å²) in [6.45, 7) is 0. The number of methoxy groups -OCH3 is 3. The molecule has 2 aromatic carbocycles. The average Bonchev–Trinajstić information content (AvgIpc) is 2.92. The number of nitrogens with one attached hydrogen (secondary N) is 3. The zero-order valence-electron chi connectivity index (χ0n) is 21.8. The van der Waals surface area contributed by atoms with Gasteiger partial charge in [-0.25, -0.2) is 27.9 Å². The fourth-order valence-electron chi connectivity index (χ4n) is 3.00. The monoisotopic (exact) mass is 605 g/mol. The van der Waals surface area contributed by atoms with Crippen molar-refractivity contribution >= 4 is 50.8 Å². The molecule has 3 aromatic rings. The molecule has 1 heterocycles. The fraction of sp³-hybridized carbons (Fsp3) is 0.261. The number of benzene rings is 2. The number of carboxylic acids is 1. The minimum atomic E-state index is -5.08. The first kappa shape index (κ1) is 32.3. The first-order chi connectivity index (χ1) is 18.8. The van der Waals surface area contributed by atoms with Crippen molar-refractivity contribution in [3.63, 3.8) is 0 Å². The Morgan fingerprint density at radius 3 is 1.95 bits per heavy atom. The van der Waals surface area contributed by atoms with Gasteiger partial charge in [0.05, 0.1) is 31.9 Å². The predicted molar refractivity (Wildman–Crippen MR) is 143 cm³/mol. The minimum absolute atomic E-state index is 0.148. The quantitative estimate of drug-likeness (QED) is 0.244. The lowest BCUT2D eigenvalue weighted by Crippen LogP contribution is -2.21. The zero-order chi connectivity index (χ0) is 30.1. The van der Waals surface area contributed by atoms with E-state index in [1.165, 1.54) is 32.2 Å². The number of aliphatic carboxylic acids is 1. The Morgan fingerprint density at radius 1 is 0.950 bits per heavy atom. The Labute approximate surface area is 232 Å². The molecule has 40 heavy (non-hydrogen) atoms. The number of hydrogen-bond donors (Lipinski definition) is 4. The van der Waals surface area contributed by atoms with Crippen LogP contribution < -0.4 is 29.6 Å². The van der Waals surface area contributed by atoms with Gasteiger partial charge >= 0.3 is 12.1 Å². The molecule has 1 aromatic heterocycles. The summed E-state index contributed by atoms with van der Waals surface area (Å²) < 4.78 is 74.6. The van der Waals surface area contributed by atoms with E-state index < -0.39 is 22.2 Å². The van der Waals surface area contributed by atoms with Crippen molar-refractivity contribution in [3.05, 3.63) is 42.7 Å². The van der Waals surface area contributed by atoms with Crippen LogP contribution in [0.3, 0.4) is 0 Å². The van der Waals surface area contributed by atoms with Crippen molar-refractivity contribution in [3.8, 4) is 17.2 Å². The highest BCUT2D eigenvalue weighted by atomic mass is 32.2. The molecule has 3 rings (SSSR count). The van der Waals surface area contributed by atoms with Crippen LogP contribution in [0, 0.1) is 0 Å². The maximum Gasteiger partial charge on any atom is 0.490 e. The van der Waals surface area contributed by atoms with Crippen LogP contribution in [0.2, 0.25) is 0 Å². The van der Waals surface area contributed by atoms with Gasteiger partial charge in [-0.1, -0.05) is 0 Å². The Morgan fingerprint density at radius 2 is 1.50 bits per heavy atom. The zero-order valence-corrected chi connectivity index (χ0v) is 23.4. The van der Waals surface area contributed by atoms with E-state index >= 15 is 0 Å². The maximum atomic E-state index is 12.2. The van der Waals surface area contributed by atoms with Crippen molar-refractivity contribution in [1.29, 1.82) is 0 Å². The summed E-state index contributed by atoms with van der Waals surface area (Å²) in [5.41, 5.74) is 1.28. The molecule has 12 nitrogen and oxygen atoms in total. The summed E-state index contributed by atoms with van der Waals surface area (Å²) in [5, 5.41) is 13.5. The van der Waals surface area contributed by atoms with Gasteiger partial charge in [0, 0.05) is 28.8 Å². The van der Waals surface area contributed by atoms with Crippen LogP contribution >= 0.6 is 11.8 Å². The Balaban J connectivity index is 0.000000708. The van der Waals surface area contributed by atoms with E-state index in [2.05, 4.69) is 25.3 Å². The van der Waals surface area contributed by atoms with Crippen molar-refractivity contribution in [2.24, 2.45) is 0 Å². The number of sulfonamides is 1. The molecule has 218 valence electrons. The van der Waals surface area contributed by atoms with Gasteiger partial charge in [-0.2, -0.15) is 13.2 Å². The largest absolute Gasteiger partial charge is 0.493 e. The van der Waals surface area contributed by atoms with Gasteiger partial charge in [0.2, 0.25) is 15.8 Å². The number of carboxylic acid groups (broad SMARTS) is 1. The number of alkyl halides is 3. The lowest BCUT2D eigenvalue weighted by molar-refractivity contribution is -0.192. The van der Waals surface area contributed by atoms with Crippen molar-refractivity contribution < 1.29 is 45.7 Å². The highest BCUT2D eigenvalue weighted by Gasteiger charge is 2.38. The van der Waals surface area contributed by atoms with Crippen molar-refractivity contribution in [2.75, 3.05) is 45.3 Å². The van der Waals surface area contributed by atoms with Crippen LogP contribution in [-0.4, -0.2) is 70.3 Å². The number of halogens is 3. The standard InChI is InChI=1S/C21H25N5O5S2.C2HF3O2/c1-22-33(27,28)14-6-7-18(32-5)15(10-14)26-20-11-19(23-12-24-20)25-13-8-16(29-2)21(31-4)17(9-13)30-3;3-2(4,5)1(6)7/h6-12,22H,1-5H3,(H2,23,24,25,26);(H,6,7). The number of hydrogen-bond acceptors (Lipinski definition) is 11. The first-order valence-corrected chi connectivity index (χ1v) is 13.6. The van der Waals surface area contributed by atoms with Crippen LogP contribution in [-0.2, 0) is 14.8 Å². The Bertz CT molecular complexity index is 1420. The van der Waals surface area contributed by atoms with Crippen molar-refractivity contribution in [2.45, 2.75) is 16.0 Å². The van der Waals surface area contributed by atoms with Crippen LogP contribution in [0.15, 0.2) is 52.5 Å². The van der Waals surface area contributed by atoms with Gasteiger partial charge in [0.1, 0.15) is 18.0 Å². The second kappa shape index (κ2) is 13.9. The molecule has 0 aliphatic carbocycles. The summed E-state index contributed by atoms with van der Waals surface area (Å²) in [6.07, 6.45) is -1.78. The molecule has 0 atom stereocenters. The molecular weight excluding hydrogens is 579 g/mol. The molecule has 0 saturated carbocycles. The number of aromatic nitrogens is 2. The van der Waals surface area contributed by atoms with Crippen LogP contribution in [0.25, 0.3) is 0 Å². The van der Waals surface area contributed by atoms with E-state index in [1.807, 2.05) is 6.26 Å². The molecular formula is C23H26F3N5O7S2. The number of thioether (sulfide) groups is 1. The Kier molecular flexibility index (Phi) is 11.2. The number of rotatable bonds is 10. The lowest BCUT2D eigenvalue weighted by atomic mass is 10.2. The molecule has 17 heteroatoms. The molecule has 0 fully saturated rings. The summed E-state index contributed by atoms with van der Waals surface area (Å²) in [6, 6.07) is 10.1. The average molecular weight is 606 g/mol. The smallest absolute Gasteiger partial charge is 0.490 e. The van der Waals surface area contributed by atoms with E-state index in [0.29, 0.717) is 40.3 Å². The summed E-state index contributed by atoms with van der Waals surface area (Å²) in [5.74, 6) is -0.289. The van der Waals surface area contributed by atoms with E-state index in [1.54, 1.807) is 50.6 Å². The van der Waals surface area contributed by atoms with E-state index in [0.717, 1.165) is 4.90 Å². The summed E-state index contributed by atoms with van der Waals surface area (Å²) in [7, 11) is 2.41. The highest BCUT2D eigenvalue weighted by molar-refractivity contribution is 7.98. The molecule has 0 unspecified atom stereocenters. The van der Waals surface area contributed by atoms with Crippen LogP contribution in [0.1, 0.15) is 0 Å². The normalized spacial score (nSPS) is 11.1. The second-order valence-electron chi connectivity index (χ2n) is 7.33. The van der Waals surface area contributed by atoms with E-state index in [9.17, 15) is 21.6 Å². The number of nitrogens with zero attached hydrogens (tertiary/aromatic N) is 2. The molecule has 0 radical (unpaired) electrons. The van der Waals surface area contributed by atoms with E-state index in [-0.39, 0.29) is 4.90 Å². The van der Waals surface area contributed by atoms with Crippen LogP contribution in [0.4, 0.5) is 36.2 Å². The molecule has 0 bridgehead atoms. The van der Waals surface area contributed by atoms with E-state index in [4.69, 9.17) is 24.1 Å². The molecule has 0 saturated heterocycles. The fourth-order valence-corrected chi connectivity index (χ4v) is 4.29. The predicted octanol–water partition coefficient (Wildman–Crippen LogP) is 4.25. The van der Waals surface area contributed by atoms with Gasteiger partial charge in [-0.15, -0.1) is 11.8 Å². The van der Waals surface area contributed by atoms with Gasteiger partial charge in [-0.05, 0) is 31.5 Å². The molecule has 4 N–H and O–H groups in total. The van der Waals surface area contributed by atoms with Crippen LogP contribution in [0.5, 0.6) is 17.2 Å². The minimum Gasteiger partial charge on any atom is -0.493 e. The third kappa shape index (κ3) is 8.52. The second-order valence-corrected chi connectivity index (χ2v) is 10.1. The molecule has 0 amide bonds. The number of carbonyl (C=O) groups is 1.